The Morgan fingerprint density at radius 2 is 1.72 bits per heavy atom. The molecule has 0 N–H and O–H groups in total. The van der Waals surface area contributed by atoms with E-state index in [0.29, 0.717) is 43.6 Å². The van der Waals surface area contributed by atoms with Gasteiger partial charge in [0.2, 0.25) is 11.1 Å². The Kier molecular flexibility index (Phi) is 6.74. The predicted molar refractivity (Wildman–Crippen MR) is 119 cm³/mol. The van der Waals surface area contributed by atoms with Gasteiger partial charge >= 0.3 is 6.09 Å². The molecule has 1 fully saturated rings. The maximum atomic E-state index is 12.7. The van der Waals surface area contributed by atoms with Crippen LogP contribution in [0.3, 0.4) is 0 Å². The SMILES string of the molecule is CCOC(=O)N1CCN(C(=O)CSc2nnc3ccc(-c4ccc(OC)cc4)nn23)CC1. The topological polar surface area (TPSA) is 102 Å². The zero-order valence-corrected chi connectivity index (χ0v) is 18.7. The molecule has 1 aromatic carbocycles. The normalized spacial score (nSPS) is 13.9. The smallest absolute Gasteiger partial charge is 0.409 e. The first kappa shape index (κ1) is 21.9. The molecule has 10 nitrogen and oxygen atoms in total. The molecular weight excluding hydrogens is 432 g/mol. The number of amides is 2. The van der Waals surface area contributed by atoms with Crippen molar-refractivity contribution >= 4 is 29.4 Å². The van der Waals surface area contributed by atoms with Gasteiger partial charge in [0.15, 0.2) is 5.65 Å². The van der Waals surface area contributed by atoms with E-state index in [1.165, 1.54) is 11.8 Å². The highest BCUT2D eigenvalue weighted by Gasteiger charge is 2.25. The van der Waals surface area contributed by atoms with E-state index in [1.807, 2.05) is 36.4 Å². The molecule has 3 aromatic rings. The molecule has 0 atom stereocenters. The summed E-state index contributed by atoms with van der Waals surface area (Å²) < 4.78 is 11.9. The highest BCUT2D eigenvalue weighted by molar-refractivity contribution is 7.99. The summed E-state index contributed by atoms with van der Waals surface area (Å²) in [5.74, 6) is 0.979. The number of rotatable bonds is 6. The van der Waals surface area contributed by atoms with Crippen LogP contribution in [-0.2, 0) is 9.53 Å². The number of hydrogen-bond donors (Lipinski definition) is 0. The van der Waals surface area contributed by atoms with Crippen LogP contribution in [0.4, 0.5) is 4.79 Å². The molecule has 1 aliphatic rings. The lowest BCUT2D eigenvalue weighted by molar-refractivity contribution is -0.129. The molecule has 0 saturated carbocycles. The number of carbonyl (C=O) groups excluding carboxylic acids is 2. The van der Waals surface area contributed by atoms with Crippen molar-refractivity contribution in [1.29, 1.82) is 0 Å². The van der Waals surface area contributed by atoms with Crippen LogP contribution in [0.25, 0.3) is 16.9 Å². The Morgan fingerprint density at radius 1 is 1.00 bits per heavy atom. The summed E-state index contributed by atoms with van der Waals surface area (Å²) in [7, 11) is 1.63. The third-order valence-electron chi connectivity index (χ3n) is 5.10. The summed E-state index contributed by atoms with van der Waals surface area (Å²) in [6, 6.07) is 11.4. The number of benzene rings is 1. The molecule has 11 heteroatoms. The van der Waals surface area contributed by atoms with Gasteiger partial charge in [-0.1, -0.05) is 11.8 Å². The van der Waals surface area contributed by atoms with Crippen molar-refractivity contribution in [3.05, 3.63) is 36.4 Å². The van der Waals surface area contributed by atoms with Gasteiger partial charge < -0.3 is 19.3 Å². The van der Waals surface area contributed by atoms with E-state index in [2.05, 4.69) is 15.3 Å². The first-order valence-corrected chi connectivity index (χ1v) is 11.3. The molecule has 168 valence electrons. The van der Waals surface area contributed by atoms with Crippen LogP contribution in [0.2, 0.25) is 0 Å². The molecule has 0 bridgehead atoms. The predicted octanol–water partition coefficient (Wildman–Crippen LogP) is 2.19. The van der Waals surface area contributed by atoms with Gasteiger partial charge in [0.05, 0.1) is 25.2 Å². The lowest BCUT2D eigenvalue weighted by Crippen LogP contribution is -2.51. The fourth-order valence-corrected chi connectivity index (χ4v) is 4.14. The van der Waals surface area contributed by atoms with E-state index in [9.17, 15) is 9.59 Å². The van der Waals surface area contributed by atoms with Gasteiger partial charge in [0.1, 0.15) is 5.75 Å². The van der Waals surface area contributed by atoms with E-state index in [4.69, 9.17) is 9.47 Å². The minimum atomic E-state index is -0.331. The molecule has 2 aromatic heterocycles. The molecule has 1 saturated heterocycles. The number of ether oxygens (including phenoxy) is 2. The van der Waals surface area contributed by atoms with E-state index in [0.717, 1.165) is 17.0 Å². The molecule has 1 aliphatic heterocycles. The van der Waals surface area contributed by atoms with Crippen molar-refractivity contribution in [3.8, 4) is 17.0 Å². The lowest BCUT2D eigenvalue weighted by Gasteiger charge is -2.33. The van der Waals surface area contributed by atoms with Gasteiger partial charge in [-0.3, -0.25) is 4.79 Å². The van der Waals surface area contributed by atoms with Gasteiger partial charge in [-0.2, -0.15) is 9.61 Å². The van der Waals surface area contributed by atoms with Crippen LogP contribution in [-0.4, -0.2) is 87.3 Å². The minimum absolute atomic E-state index is 0.0124. The second-order valence-electron chi connectivity index (χ2n) is 7.06. The Morgan fingerprint density at radius 3 is 2.41 bits per heavy atom. The summed E-state index contributed by atoms with van der Waals surface area (Å²) >= 11 is 1.29. The number of piperazine rings is 1. The Balaban J connectivity index is 1.39. The molecule has 3 heterocycles. The van der Waals surface area contributed by atoms with Gasteiger partial charge in [0, 0.05) is 31.7 Å². The summed E-state index contributed by atoms with van der Waals surface area (Å²) in [6.45, 7) is 4.02. The molecule has 0 radical (unpaired) electrons. The first-order valence-electron chi connectivity index (χ1n) is 10.3. The van der Waals surface area contributed by atoms with Crippen LogP contribution < -0.4 is 4.74 Å². The van der Waals surface area contributed by atoms with E-state index in [1.54, 1.807) is 28.3 Å². The number of hydrogen-bond acceptors (Lipinski definition) is 8. The van der Waals surface area contributed by atoms with Crippen molar-refractivity contribution in [1.82, 2.24) is 29.6 Å². The Bertz CT molecular complexity index is 1100. The van der Waals surface area contributed by atoms with Crippen LogP contribution in [0, 0.1) is 0 Å². The standard InChI is InChI=1S/C21H24N6O4S/c1-3-31-21(29)26-12-10-25(11-13-26)19(28)14-32-20-23-22-18-9-8-17(24-27(18)20)15-4-6-16(30-2)7-5-15/h4-9H,3,10-14H2,1-2H3. The number of aromatic nitrogens is 4. The maximum Gasteiger partial charge on any atom is 0.409 e. The van der Waals surface area contributed by atoms with Crippen LogP contribution in [0.15, 0.2) is 41.6 Å². The maximum absolute atomic E-state index is 12.7. The Labute approximate surface area is 189 Å². The van der Waals surface area contributed by atoms with Crippen LogP contribution in [0.5, 0.6) is 5.75 Å². The van der Waals surface area contributed by atoms with E-state index >= 15 is 0 Å². The molecule has 4 rings (SSSR count). The van der Waals surface area contributed by atoms with Crippen LogP contribution >= 0.6 is 11.8 Å². The van der Waals surface area contributed by atoms with Crippen molar-refractivity contribution in [3.63, 3.8) is 0 Å². The van der Waals surface area contributed by atoms with Crippen LogP contribution in [0.1, 0.15) is 6.92 Å². The summed E-state index contributed by atoms with van der Waals surface area (Å²) in [5.41, 5.74) is 2.32. The molecule has 0 unspecified atom stereocenters. The van der Waals surface area contributed by atoms with Crippen molar-refractivity contribution < 1.29 is 19.1 Å². The molecule has 0 aliphatic carbocycles. The molecular formula is C21H24N6O4S. The summed E-state index contributed by atoms with van der Waals surface area (Å²) in [5, 5.41) is 13.5. The van der Waals surface area contributed by atoms with Gasteiger partial charge in [0.25, 0.3) is 0 Å². The molecule has 32 heavy (non-hydrogen) atoms. The highest BCUT2D eigenvalue weighted by atomic mass is 32.2. The zero-order chi connectivity index (χ0) is 22.5. The van der Waals surface area contributed by atoms with Crippen molar-refractivity contribution in [2.75, 3.05) is 45.6 Å². The van der Waals surface area contributed by atoms with Crippen molar-refractivity contribution in [2.24, 2.45) is 0 Å². The monoisotopic (exact) mass is 456 g/mol. The van der Waals surface area contributed by atoms with Gasteiger partial charge in [-0.25, -0.2) is 4.79 Å². The number of nitrogens with zero attached hydrogens (tertiary/aromatic N) is 6. The average molecular weight is 457 g/mol. The van der Waals surface area contributed by atoms with E-state index in [-0.39, 0.29) is 17.8 Å². The van der Waals surface area contributed by atoms with E-state index < -0.39 is 0 Å². The number of fused-ring (bicyclic) bond motifs is 1. The quantitative estimate of drug-likeness (QED) is 0.520. The minimum Gasteiger partial charge on any atom is -0.497 e. The zero-order valence-electron chi connectivity index (χ0n) is 17.9. The van der Waals surface area contributed by atoms with Gasteiger partial charge in [-0.05, 0) is 43.3 Å². The number of thioether (sulfide) groups is 1. The molecule has 2 amide bonds. The summed E-state index contributed by atoms with van der Waals surface area (Å²) in [6.07, 6.45) is -0.331. The third kappa shape index (κ3) is 4.77. The second kappa shape index (κ2) is 9.86. The fraction of sp³-hybridized carbons (Fsp3) is 0.381. The number of carbonyl (C=O) groups is 2. The largest absolute Gasteiger partial charge is 0.497 e. The Hall–Kier alpha value is -3.34. The van der Waals surface area contributed by atoms with Crippen molar-refractivity contribution in [2.45, 2.75) is 12.1 Å². The molecule has 0 spiro atoms. The highest BCUT2D eigenvalue weighted by Crippen LogP contribution is 2.23. The summed E-state index contributed by atoms with van der Waals surface area (Å²) in [4.78, 5) is 27.8. The average Bonchev–Trinajstić information content (AvgIpc) is 3.25. The fourth-order valence-electron chi connectivity index (χ4n) is 3.35. The number of methoxy groups -OCH3 is 1. The third-order valence-corrected chi connectivity index (χ3v) is 6.01. The second-order valence-corrected chi connectivity index (χ2v) is 8.00. The lowest BCUT2D eigenvalue weighted by atomic mass is 10.1. The first-order chi connectivity index (χ1) is 15.6. The van der Waals surface area contributed by atoms with Gasteiger partial charge in [-0.15, -0.1) is 10.2 Å².